The maximum atomic E-state index is 3.72. The molecule has 2 nitrogen and oxygen atoms in total. The van der Waals surface area contributed by atoms with Gasteiger partial charge >= 0.3 is 0 Å². The van der Waals surface area contributed by atoms with Crippen molar-refractivity contribution in [3.8, 4) is 0 Å². The van der Waals surface area contributed by atoms with Crippen LogP contribution in [0.3, 0.4) is 0 Å². The zero-order chi connectivity index (χ0) is 15.7. The number of hydrogen-bond donors (Lipinski definition) is 0. The van der Waals surface area contributed by atoms with E-state index in [9.17, 15) is 0 Å². The van der Waals surface area contributed by atoms with Crippen LogP contribution in [0.15, 0.2) is 54.7 Å². The van der Waals surface area contributed by atoms with Gasteiger partial charge in [-0.25, -0.2) is 0 Å². The Labute approximate surface area is 155 Å². The molecule has 6 heteroatoms. The van der Waals surface area contributed by atoms with Gasteiger partial charge in [-0.15, -0.1) is 0 Å². The Morgan fingerprint density at radius 2 is 1.18 bits per heavy atom. The van der Waals surface area contributed by atoms with Crippen LogP contribution in [0.25, 0.3) is 0 Å². The predicted molar refractivity (Wildman–Crippen MR) is 107 cm³/mol. The Bertz CT molecular complexity index is 689. The highest BCUT2D eigenvalue weighted by molar-refractivity contribution is 9.11. The molecule has 0 atom stereocenters. The average Bonchev–Trinajstić information content (AvgIpc) is 3.20. The highest BCUT2D eigenvalue weighted by atomic mass is 79.9. The predicted octanol–water partition coefficient (Wildman–Crippen LogP) is 6.87. The molecule has 3 rings (SSSR count). The highest BCUT2D eigenvalue weighted by Gasteiger charge is 2.15. The average molecular weight is 458 g/mol. The van der Waals surface area contributed by atoms with E-state index in [2.05, 4.69) is 102 Å². The summed E-state index contributed by atoms with van der Waals surface area (Å²) < 4.78 is 2.14. The van der Waals surface area contributed by atoms with E-state index in [1.807, 2.05) is 0 Å². The molecule has 0 aliphatic heterocycles. The molecule has 2 heterocycles. The fourth-order valence-corrected chi connectivity index (χ4v) is 4.75. The first-order valence-electron chi connectivity index (χ1n) is 6.59. The Morgan fingerprint density at radius 1 is 0.773 bits per heavy atom. The second kappa shape index (κ2) is 6.74. The van der Waals surface area contributed by atoms with E-state index in [4.69, 9.17) is 0 Å². The van der Waals surface area contributed by atoms with E-state index >= 15 is 0 Å². The first-order valence-corrected chi connectivity index (χ1v) is 10.1. The SMILES string of the molecule is CN(c1ccsc1)c1cc(Br)c(N(C)c2ccsc2)cc1Br. The zero-order valence-electron chi connectivity index (χ0n) is 12.1. The third-order valence-electron chi connectivity index (χ3n) is 3.53. The molecule has 0 amide bonds. The normalized spacial score (nSPS) is 10.7. The Morgan fingerprint density at radius 3 is 1.50 bits per heavy atom. The molecule has 2 aromatic heterocycles. The van der Waals surface area contributed by atoms with Crippen molar-refractivity contribution in [3.05, 3.63) is 54.7 Å². The largest absolute Gasteiger partial charge is 0.343 e. The molecule has 3 aromatic rings. The van der Waals surface area contributed by atoms with E-state index < -0.39 is 0 Å². The molecule has 0 saturated heterocycles. The van der Waals surface area contributed by atoms with Gasteiger partial charge in [-0.1, -0.05) is 0 Å². The Kier molecular flexibility index (Phi) is 4.92. The van der Waals surface area contributed by atoms with E-state index in [1.54, 1.807) is 22.7 Å². The number of hydrogen-bond acceptors (Lipinski definition) is 4. The van der Waals surface area contributed by atoms with Crippen molar-refractivity contribution in [2.24, 2.45) is 0 Å². The quantitative estimate of drug-likeness (QED) is 0.421. The molecule has 0 aliphatic carbocycles. The molecular weight excluding hydrogens is 444 g/mol. The van der Waals surface area contributed by atoms with Crippen molar-refractivity contribution < 1.29 is 0 Å². The zero-order valence-corrected chi connectivity index (χ0v) is 16.9. The van der Waals surface area contributed by atoms with Crippen LogP contribution in [0.2, 0.25) is 0 Å². The van der Waals surface area contributed by atoms with E-state index in [1.165, 1.54) is 11.4 Å². The molecule has 0 fully saturated rings. The van der Waals surface area contributed by atoms with Crippen LogP contribution in [-0.2, 0) is 0 Å². The van der Waals surface area contributed by atoms with Gasteiger partial charge < -0.3 is 9.80 Å². The first-order chi connectivity index (χ1) is 10.6. The molecule has 0 aliphatic rings. The molecule has 0 saturated carbocycles. The van der Waals surface area contributed by atoms with Gasteiger partial charge in [0.2, 0.25) is 0 Å². The molecule has 1 aromatic carbocycles. The monoisotopic (exact) mass is 456 g/mol. The van der Waals surface area contributed by atoms with E-state index in [-0.39, 0.29) is 0 Å². The van der Waals surface area contributed by atoms with Gasteiger partial charge in [0.05, 0.1) is 22.7 Å². The second-order valence-electron chi connectivity index (χ2n) is 4.84. The summed E-state index contributed by atoms with van der Waals surface area (Å²) in [6.07, 6.45) is 0. The summed E-state index contributed by atoms with van der Waals surface area (Å²) in [6.45, 7) is 0. The van der Waals surface area contributed by atoms with Crippen LogP contribution in [-0.4, -0.2) is 14.1 Å². The minimum Gasteiger partial charge on any atom is -0.343 e. The summed E-state index contributed by atoms with van der Waals surface area (Å²) >= 11 is 10.8. The smallest absolute Gasteiger partial charge is 0.0565 e. The van der Waals surface area contributed by atoms with Gasteiger partial charge in [0.1, 0.15) is 0 Å². The molecule has 0 unspecified atom stereocenters. The van der Waals surface area contributed by atoms with Crippen molar-refractivity contribution in [1.29, 1.82) is 0 Å². The molecule has 0 radical (unpaired) electrons. The van der Waals surface area contributed by atoms with Crippen LogP contribution in [0.1, 0.15) is 0 Å². The Balaban J connectivity index is 1.98. The van der Waals surface area contributed by atoms with Crippen molar-refractivity contribution in [3.63, 3.8) is 0 Å². The third-order valence-corrected chi connectivity index (χ3v) is 6.14. The standard InChI is InChI=1S/C16H14Br2N2S2/c1-19(11-3-5-21-9-11)15-7-14(18)16(8-13(15)17)20(2)12-4-6-22-10-12/h3-10H,1-2H3. The maximum absolute atomic E-state index is 3.72. The van der Waals surface area contributed by atoms with Crippen LogP contribution in [0.5, 0.6) is 0 Å². The Hall–Kier alpha value is -0.820. The van der Waals surface area contributed by atoms with Gasteiger partial charge in [0.25, 0.3) is 0 Å². The van der Waals surface area contributed by atoms with Gasteiger partial charge in [-0.2, -0.15) is 22.7 Å². The van der Waals surface area contributed by atoms with E-state index in [0.29, 0.717) is 0 Å². The minimum absolute atomic E-state index is 1.07. The number of thiophene rings is 2. The molecule has 22 heavy (non-hydrogen) atoms. The minimum atomic E-state index is 1.07. The molecule has 0 bridgehead atoms. The summed E-state index contributed by atoms with van der Waals surface area (Å²) in [7, 11) is 4.16. The topological polar surface area (TPSA) is 6.48 Å². The number of anilines is 4. The van der Waals surface area contributed by atoms with Crippen molar-refractivity contribution in [2.75, 3.05) is 23.9 Å². The highest BCUT2D eigenvalue weighted by Crippen LogP contribution is 2.41. The number of benzene rings is 1. The summed E-state index contributed by atoms with van der Waals surface area (Å²) in [5.74, 6) is 0. The van der Waals surface area contributed by atoms with Gasteiger partial charge in [0, 0.05) is 33.8 Å². The lowest BCUT2D eigenvalue weighted by Gasteiger charge is -2.24. The van der Waals surface area contributed by atoms with E-state index in [0.717, 1.165) is 20.3 Å². The number of halogens is 2. The van der Waals surface area contributed by atoms with Crippen molar-refractivity contribution >= 4 is 77.3 Å². The maximum Gasteiger partial charge on any atom is 0.0565 e. The van der Waals surface area contributed by atoms with Crippen LogP contribution in [0.4, 0.5) is 22.7 Å². The summed E-state index contributed by atoms with van der Waals surface area (Å²) in [6, 6.07) is 8.55. The van der Waals surface area contributed by atoms with Gasteiger partial charge in [-0.3, -0.25) is 0 Å². The van der Waals surface area contributed by atoms with Crippen molar-refractivity contribution in [2.45, 2.75) is 0 Å². The molecular formula is C16H14Br2N2S2. The van der Waals surface area contributed by atoms with Crippen LogP contribution >= 0.6 is 54.5 Å². The fourth-order valence-electron chi connectivity index (χ4n) is 2.21. The lowest BCUT2D eigenvalue weighted by molar-refractivity contribution is 1.18. The molecule has 0 N–H and O–H groups in total. The lowest BCUT2D eigenvalue weighted by atomic mass is 10.2. The first kappa shape index (κ1) is 16.1. The third kappa shape index (κ3) is 3.11. The summed E-state index contributed by atoms with van der Waals surface area (Å²) in [5, 5.41) is 8.47. The second-order valence-corrected chi connectivity index (χ2v) is 8.10. The van der Waals surface area contributed by atoms with Crippen LogP contribution in [0, 0.1) is 0 Å². The van der Waals surface area contributed by atoms with Gasteiger partial charge in [-0.05, 0) is 66.9 Å². The molecule has 114 valence electrons. The number of rotatable bonds is 4. The van der Waals surface area contributed by atoms with Crippen LogP contribution < -0.4 is 9.80 Å². The van der Waals surface area contributed by atoms with Crippen molar-refractivity contribution in [1.82, 2.24) is 0 Å². The fraction of sp³-hybridized carbons (Fsp3) is 0.125. The van der Waals surface area contributed by atoms with Gasteiger partial charge in [0.15, 0.2) is 0 Å². The number of nitrogens with zero attached hydrogens (tertiary/aromatic N) is 2. The summed E-state index contributed by atoms with van der Waals surface area (Å²) in [4.78, 5) is 4.36. The molecule has 0 spiro atoms. The summed E-state index contributed by atoms with van der Waals surface area (Å²) in [5.41, 5.74) is 4.65. The lowest BCUT2D eigenvalue weighted by Crippen LogP contribution is -2.12.